The van der Waals surface area contributed by atoms with Crippen LogP contribution < -0.4 is 10.9 Å². The Morgan fingerprint density at radius 3 is 2.11 bits per heavy atom. The maximum absolute atomic E-state index is 11.3. The Morgan fingerprint density at radius 1 is 1.11 bits per heavy atom. The van der Waals surface area contributed by atoms with Gasteiger partial charge in [0.25, 0.3) is 0 Å². The highest BCUT2D eigenvalue weighted by Crippen LogP contribution is 2.06. The number of amides is 2. The number of hydrazine groups is 1. The minimum Gasteiger partial charge on any atom is -0.443 e. The lowest BCUT2D eigenvalue weighted by atomic mass is 10.2. The quantitative estimate of drug-likeness (QED) is 0.511. The van der Waals surface area contributed by atoms with E-state index in [1.165, 1.54) is 13.8 Å². The Kier molecular flexibility index (Phi) is 6.07. The molecular weight excluding hydrogens is 240 g/mol. The highest BCUT2D eigenvalue weighted by molar-refractivity contribution is 5.79. The zero-order valence-electron chi connectivity index (χ0n) is 11.5. The van der Waals surface area contributed by atoms with Crippen molar-refractivity contribution in [2.24, 2.45) is 0 Å². The normalized spacial score (nSPS) is 11.9. The number of ether oxygens (including phenoxy) is 2. The minimum absolute atomic E-state index is 0.0137. The highest BCUT2D eigenvalue weighted by Gasteiger charge is 2.17. The Morgan fingerprint density at radius 2 is 1.67 bits per heavy atom. The summed E-state index contributed by atoms with van der Waals surface area (Å²) in [6.45, 7) is 8.11. The van der Waals surface area contributed by atoms with Crippen molar-refractivity contribution in [3.05, 3.63) is 0 Å². The molecule has 0 spiro atoms. The molecule has 18 heavy (non-hydrogen) atoms. The molecule has 0 aliphatic heterocycles. The molecule has 0 heterocycles. The molecule has 7 heteroatoms. The molecule has 0 aromatic rings. The van der Waals surface area contributed by atoms with E-state index in [1.54, 1.807) is 20.8 Å². The molecule has 3 N–H and O–H groups in total. The van der Waals surface area contributed by atoms with E-state index in [0.29, 0.717) is 0 Å². The van der Waals surface area contributed by atoms with Crippen molar-refractivity contribution >= 4 is 12.0 Å². The third kappa shape index (κ3) is 11.2. The molecular formula is C11H22N2O5. The number of hydrogen-bond acceptors (Lipinski definition) is 5. The van der Waals surface area contributed by atoms with Gasteiger partial charge in [0.15, 0.2) is 5.79 Å². The SMILES string of the molecule is CC(C)(C)OC(=O)NNC(=O)CCOC(C)(C)O. The van der Waals surface area contributed by atoms with E-state index >= 15 is 0 Å². The van der Waals surface area contributed by atoms with Gasteiger partial charge in [-0.25, -0.2) is 10.2 Å². The summed E-state index contributed by atoms with van der Waals surface area (Å²) in [5.74, 6) is -1.72. The minimum atomic E-state index is -1.28. The Hall–Kier alpha value is -1.34. The lowest BCUT2D eigenvalue weighted by molar-refractivity contribution is -0.177. The van der Waals surface area contributed by atoms with E-state index in [1.807, 2.05) is 0 Å². The van der Waals surface area contributed by atoms with E-state index in [4.69, 9.17) is 9.47 Å². The van der Waals surface area contributed by atoms with Crippen LogP contribution in [0.25, 0.3) is 0 Å². The first-order chi connectivity index (χ1) is 7.99. The molecule has 0 saturated heterocycles. The topological polar surface area (TPSA) is 96.9 Å². The van der Waals surface area contributed by atoms with Gasteiger partial charge in [-0.15, -0.1) is 0 Å². The van der Waals surface area contributed by atoms with Crippen molar-refractivity contribution in [1.82, 2.24) is 10.9 Å². The van der Waals surface area contributed by atoms with Crippen LogP contribution in [-0.4, -0.2) is 35.1 Å². The predicted molar refractivity (Wildman–Crippen MR) is 64.4 cm³/mol. The second-order valence-electron chi connectivity index (χ2n) is 5.22. The van der Waals surface area contributed by atoms with E-state index < -0.39 is 23.4 Å². The molecule has 0 aliphatic rings. The summed E-state index contributed by atoms with van der Waals surface area (Å²) in [6, 6.07) is 0. The molecule has 0 saturated carbocycles. The molecule has 106 valence electrons. The number of aliphatic hydroxyl groups is 1. The molecule has 0 atom stereocenters. The van der Waals surface area contributed by atoms with E-state index in [0.717, 1.165) is 0 Å². The molecule has 7 nitrogen and oxygen atoms in total. The van der Waals surface area contributed by atoms with Gasteiger partial charge < -0.3 is 14.6 Å². The molecule has 0 radical (unpaired) electrons. The number of rotatable bonds is 4. The molecule has 0 unspecified atom stereocenters. The second kappa shape index (κ2) is 6.55. The van der Waals surface area contributed by atoms with Crippen LogP contribution >= 0.6 is 0 Å². The van der Waals surface area contributed by atoms with Crippen molar-refractivity contribution in [3.63, 3.8) is 0 Å². The smallest absolute Gasteiger partial charge is 0.426 e. The number of carbonyl (C=O) groups excluding carboxylic acids is 2. The second-order valence-corrected chi connectivity index (χ2v) is 5.22. The summed E-state index contributed by atoms with van der Waals surface area (Å²) in [4.78, 5) is 22.4. The monoisotopic (exact) mass is 262 g/mol. The van der Waals surface area contributed by atoms with Crippen molar-refractivity contribution < 1.29 is 24.2 Å². The standard InChI is InChI=1S/C11H22N2O5/c1-10(2,3)18-9(15)13-12-8(14)6-7-17-11(4,5)16/h16H,6-7H2,1-5H3,(H,12,14)(H,13,15). The van der Waals surface area contributed by atoms with Gasteiger partial charge in [0.1, 0.15) is 5.60 Å². The molecule has 0 fully saturated rings. The average Bonchev–Trinajstić information content (AvgIpc) is 2.09. The van der Waals surface area contributed by atoms with E-state index in [9.17, 15) is 14.7 Å². The fraction of sp³-hybridized carbons (Fsp3) is 0.818. The van der Waals surface area contributed by atoms with Crippen LogP contribution in [0.4, 0.5) is 4.79 Å². The van der Waals surface area contributed by atoms with Crippen LogP contribution in [0.1, 0.15) is 41.0 Å². The van der Waals surface area contributed by atoms with Gasteiger partial charge in [0.05, 0.1) is 13.0 Å². The number of hydrogen-bond donors (Lipinski definition) is 3. The molecule has 0 rings (SSSR count). The summed E-state index contributed by atoms with van der Waals surface area (Å²) in [5.41, 5.74) is 3.65. The number of nitrogens with one attached hydrogen (secondary N) is 2. The van der Waals surface area contributed by atoms with Crippen LogP contribution in [0, 0.1) is 0 Å². The van der Waals surface area contributed by atoms with Crippen LogP contribution in [0.3, 0.4) is 0 Å². The largest absolute Gasteiger partial charge is 0.443 e. The third-order valence-electron chi connectivity index (χ3n) is 1.49. The van der Waals surface area contributed by atoms with E-state index in [2.05, 4.69) is 10.9 Å². The predicted octanol–water partition coefficient (Wildman–Crippen LogP) is 0.677. The lowest BCUT2D eigenvalue weighted by Gasteiger charge is -2.20. The van der Waals surface area contributed by atoms with Gasteiger partial charge in [-0.05, 0) is 34.6 Å². The van der Waals surface area contributed by atoms with Crippen LogP contribution in [0.5, 0.6) is 0 Å². The third-order valence-corrected chi connectivity index (χ3v) is 1.49. The molecule has 0 aromatic carbocycles. The van der Waals surface area contributed by atoms with Gasteiger partial charge in [-0.3, -0.25) is 10.2 Å². The maximum atomic E-state index is 11.3. The summed E-state index contributed by atoms with van der Waals surface area (Å²) in [5, 5.41) is 9.23. The van der Waals surface area contributed by atoms with Crippen LogP contribution in [0.2, 0.25) is 0 Å². The van der Waals surface area contributed by atoms with E-state index in [-0.39, 0.29) is 13.0 Å². The summed E-state index contributed by atoms with van der Waals surface area (Å²) in [6.07, 6.45) is -0.723. The summed E-state index contributed by atoms with van der Waals surface area (Å²) < 4.78 is 9.85. The van der Waals surface area contributed by atoms with Crippen molar-refractivity contribution in [3.8, 4) is 0 Å². The first kappa shape index (κ1) is 16.7. The zero-order chi connectivity index (χ0) is 14.4. The summed E-state index contributed by atoms with van der Waals surface area (Å²) in [7, 11) is 0. The molecule has 0 aromatic heterocycles. The Labute approximate surface area is 107 Å². The Bertz CT molecular complexity index is 291. The van der Waals surface area contributed by atoms with Gasteiger partial charge in [-0.1, -0.05) is 0 Å². The fourth-order valence-electron chi connectivity index (χ4n) is 0.880. The Balaban J connectivity index is 3.75. The van der Waals surface area contributed by atoms with Gasteiger partial charge in [-0.2, -0.15) is 0 Å². The first-order valence-corrected chi connectivity index (χ1v) is 5.64. The average molecular weight is 262 g/mol. The highest BCUT2D eigenvalue weighted by atomic mass is 16.6. The lowest BCUT2D eigenvalue weighted by Crippen LogP contribution is -2.44. The van der Waals surface area contributed by atoms with Crippen LogP contribution in [-0.2, 0) is 14.3 Å². The van der Waals surface area contributed by atoms with Gasteiger partial charge in [0, 0.05) is 0 Å². The molecule has 0 aliphatic carbocycles. The fourth-order valence-corrected chi connectivity index (χ4v) is 0.880. The summed E-state index contributed by atoms with van der Waals surface area (Å²) >= 11 is 0. The van der Waals surface area contributed by atoms with Crippen molar-refractivity contribution in [2.45, 2.75) is 52.4 Å². The van der Waals surface area contributed by atoms with Gasteiger partial charge in [0.2, 0.25) is 5.91 Å². The number of carbonyl (C=O) groups is 2. The molecule has 0 bridgehead atoms. The zero-order valence-corrected chi connectivity index (χ0v) is 11.5. The maximum Gasteiger partial charge on any atom is 0.426 e. The molecule has 2 amide bonds. The van der Waals surface area contributed by atoms with Crippen molar-refractivity contribution in [1.29, 1.82) is 0 Å². The first-order valence-electron chi connectivity index (χ1n) is 5.64. The van der Waals surface area contributed by atoms with Gasteiger partial charge >= 0.3 is 6.09 Å². The van der Waals surface area contributed by atoms with Crippen molar-refractivity contribution in [2.75, 3.05) is 6.61 Å². The van der Waals surface area contributed by atoms with Crippen LogP contribution in [0.15, 0.2) is 0 Å².